The van der Waals surface area contributed by atoms with E-state index in [-0.39, 0.29) is 23.6 Å². The Balaban J connectivity index is 0.824. The lowest BCUT2D eigenvalue weighted by atomic mass is 9.91. The van der Waals surface area contributed by atoms with Crippen LogP contribution in [0.1, 0.15) is 93.2 Å². The molecule has 3 aliphatic heterocycles. The molecular formula is C46H56N10O7S. The van der Waals surface area contributed by atoms with Gasteiger partial charge in [0.25, 0.3) is 11.8 Å². The largest absolute Gasteiger partial charge is 0.368 e. The smallest absolute Gasteiger partial charge is 0.261 e. The van der Waals surface area contributed by atoms with Gasteiger partial charge in [0.1, 0.15) is 17.9 Å². The van der Waals surface area contributed by atoms with Crippen molar-refractivity contribution in [1.82, 2.24) is 35.1 Å². The van der Waals surface area contributed by atoms with Crippen LogP contribution in [0.25, 0.3) is 0 Å². The quantitative estimate of drug-likeness (QED) is 0.0735. The number of nitrogens with one attached hydrogen (secondary N) is 5. The number of hydrogen-bond acceptors (Lipinski definition) is 13. The van der Waals surface area contributed by atoms with Crippen molar-refractivity contribution in [3.8, 4) is 0 Å². The van der Waals surface area contributed by atoms with E-state index >= 15 is 0 Å². The van der Waals surface area contributed by atoms with Gasteiger partial charge in [-0.1, -0.05) is 37.1 Å². The maximum Gasteiger partial charge on any atom is 0.261 e. The number of sulfonamides is 1. The number of nitrogens with zero attached hydrogens (tertiary/aromatic N) is 5. The SMILES string of the molecule is Cc1cnc(Nc2ccc(N3CCN(C(=O)CCCCCCNC4C(=O)N(C5CCC(=O)NC5=O)C(=O)c5ccccc54)CC3)cc2)nc1Nc1cccc(S(=O)(=O)NC(C)(C)C)c1. The molecular weight excluding hydrogens is 837 g/mol. The molecule has 0 aliphatic carbocycles. The molecule has 3 aromatic carbocycles. The van der Waals surface area contributed by atoms with Crippen molar-refractivity contribution in [3.63, 3.8) is 0 Å². The highest BCUT2D eigenvalue weighted by Gasteiger charge is 2.45. The molecule has 17 nitrogen and oxygen atoms in total. The Bertz CT molecular complexity index is 2500. The van der Waals surface area contributed by atoms with E-state index in [1.54, 1.807) is 75.5 Å². The third-order valence-electron chi connectivity index (χ3n) is 11.3. The van der Waals surface area contributed by atoms with E-state index in [4.69, 9.17) is 0 Å². The lowest BCUT2D eigenvalue weighted by molar-refractivity contribution is -0.144. The normalized spacial score (nSPS) is 18.2. The van der Waals surface area contributed by atoms with E-state index in [9.17, 15) is 32.4 Å². The first-order chi connectivity index (χ1) is 30.6. The van der Waals surface area contributed by atoms with Crippen LogP contribution in [0.3, 0.4) is 0 Å². The first-order valence-corrected chi connectivity index (χ1v) is 23.2. The molecule has 2 saturated heterocycles. The summed E-state index contributed by atoms with van der Waals surface area (Å²) in [7, 11) is -3.72. The highest BCUT2D eigenvalue weighted by Crippen LogP contribution is 2.31. The first-order valence-electron chi connectivity index (χ1n) is 21.7. The molecule has 338 valence electrons. The van der Waals surface area contributed by atoms with Crippen molar-refractivity contribution in [2.24, 2.45) is 0 Å². The van der Waals surface area contributed by atoms with E-state index < -0.39 is 51.3 Å². The van der Waals surface area contributed by atoms with E-state index in [0.717, 1.165) is 47.5 Å². The Morgan fingerprint density at radius 1 is 0.859 bits per heavy atom. The number of carbonyl (C=O) groups is 5. The summed E-state index contributed by atoms with van der Waals surface area (Å²) >= 11 is 0. The number of imide groups is 2. The van der Waals surface area contributed by atoms with Crippen LogP contribution in [0.15, 0.2) is 83.9 Å². The fourth-order valence-electron chi connectivity index (χ4n) is 8.09. The number of piperidine rings is 1. The zero-order chi connectivity index (χ0) is 45.6. The number of amides is 5. The molecule has 0 bridgehead atoms. The number of carbonyl (C=O) groups excluding carboxylic acids is 5. The van der Waals surface area contributed by atoms with Crippen molar-refractivity contribution in [3.05, 3.63) is 95.7 Å². The molecule has 64 heavy (non-hydrogen) atoms. The molecule has 5 N–H and O–H groups in total. The summed E-state index contributed by atoms with van der Waals surface area (Å²) in [6.45, 7) is 10.4. The summed E-state index contributed by atoms with van der Waals surface area (Å²) in [6, 6.07) is 19.6. The second kappa shape index (κ2) is 19.7. The van der Waals surface area contributed by atoms with E-state index in [1.807, 2.05) is 36.1 Å². The lowest BCUT2D eigenvalue weighted by Gasteiger charge is -2.38. The van der Waals surface area contributed by atoms with Crippen LogP contribution in [0.2, 0.25) is 0 Å². The standard InChI is InChI=1S/C46H56N10O7S/c1-30-29-48-45(52-41(30)49-32-12-11-13-34(28-32)64(62,63)53-46(2,3)4)50-31-17-19-33(20-18-31)54-24-26-55(27-25-54)39(58)16-7-5-6-10-23-47-40-35-14-8-9-15-36(35)43(60)56(44(40)61)37-21-22-38(57)51-42(37)59/h8-9,11-15,17-20,28-29,37,40,47,53H,5-7,10,16,21-27H2,1-4H3,(H,51,57,59)(H2,48,49,50,52). The number of benzene rings is 3. The van der Waals surface area contributed by atoms with Crippen LogP contribution < -0.4 is 30.9 Å². The molecule has 0 spiro atoms. The number of unbranched alkanes of at least 4 members (excludes halogenated alkanes) is 3. The van der Waals surface area contributed by atoms with Gasteiger partial charge in [0, 0.05) is 78.9 Å². The zero-order valence-electron chi connectivity index (χ0n) is 36.6. The summed E-state index contributed by atoms with van der Waals surface area (Å²) in [5, 5.41) is 12.0. The number of rotatable bonds is 16. The molecule has 3 aliphatic rings. The molecule has 18 heteroatoms. The molecule has 2 atom stereocenters. The monoisotopic (exact) mass is 892 g/mol. The summed E-state index contributed by atoms with van der Waals surface area (Å²) in [5.74, 6) is -1.03. The van der Waals surface area contributed by atoms with Gasteiger partial charge < -0.3 is 25.8 Å². The van der Waals surface area contributed by atoms with Gasteiger partial charge in [-0.2, -0.15) is 4.98 Å². The van der Waals surface area contributed by atoms with Crippen LogP contribution in [0.5, 0.6) is 0 Å². The first kappa shape index (κ1) is 45.8. The second-order valence-electron chi connectivity index (χ2n) is 17.4. The Labute approximate surface area is 373 Å². The number of fused-ring (bicyclic) bond motifs is 1. The summed E-state index contributed by atoms with van der Waals surface area (Å²) in [6.07, 6.45) is 5.54. The fourth-order valence-corrected chi connectivity index (χ4v) is 9.56. The molecule has 4 heterocycles. The van der Waals surface area contributed by atoms with E-state index in [1.165, 1.54) is 0 Å². The fraction of sp³-hybridized carbons (Fsp3) is 0.413. The average molecular weight is 893 g/mol. The van der Waals surface area contributed by atoms with Gasteiger partial charge >= 0.3 is 0 Å². The molecule has 7 rings (SSSR count). The van der Waals surface area contributed by atoms with Crippen molar-refractivity contribution in [2.45, 2.75) is 95.2 Å². The second-order valence-corrected chi connectivity index (χ2v) is 19.1. The molecule has 0 saturated carbocycles. The molecule has 2 unspecified atom stereocenters. The van der Waals surface area contributed by atoms with Gasteiger partial charge in [0.15, 0.2) is 0 Å². The van der Waals surface area contributed by atoms with Crippen LogP contribution in [0.4, 0.5) is 28.8 Å². The summed E-state index contributed by atoms with van der Waals surface area (Å²) in [4.78, 5) is 78.8. The third kappa shape index (κ3) is 11.1. The van der Waals surface area contributed by atoms with Crippen molar-refractivity contribution >= 4 is 68.4 Å². The van der Waals surface area contributed by atoms with Crippen LogP contribution in [-0.4, -0.2) is 102 Å². The number of hydrogen-bond donors (Lipinski definition) is 5. The molecule has 2 fully saturated rings. The third-order valence-corrected chi connectivity index (χ3v) is 13.1. The number of aromatic nitrogens is 2. The molecule has 1 aromatic heterocycles. The Morgan fingerprint density at radius 3 is 2.33 bits per heavy atom. The average Bonchev–Trinajstić information content (AvgIpc) is 3.26. The van der Waals surface area contributed by atoms with E-state index in [0.29, 0.717) is 67.7 Å². The Kier molecular flexibility index (Phi) is 14.1. The predicted molar refractivity (Wildman–Crippen MR) is 243 cm³/mol. The highest BCUT2D eigenvalue weighted by molar-refractivity contribution is 7.89. The van der Waals surface area contributed by atoms with Crippen LogP contribution >= 0.6 is 0 Å². The zero-order valence-corrected chi connectivity index (χ0v) is 37.5. The van der Waals surface area contributed by atoms with Crippen molar-refractivity contribution < 1.29 is 32.4 Å². The minimum absolute atomic E-state index is 0.0586. The Morgan fingerprint density at radius 2 is 1.59 bits per heavy atom. The molecule has 4 aromatic rings. The maximum atomic E-state index is 13.6. The van der Waals surface area contributed by atoms with Gasteiger partial charge in [0.05, 0.1) is 4.90 Å². The number of anilines is 5. The molecule has 5 amide bonds. The van der Waals surface area contributed by atoms with Crippen LogP contribution in [-0.2, 0) is 29.2 Å². The Hall–Kier alpha value is -6.24. The van der Waals surface area contributed by atoms with Crippen molar-refractivity contribution in [1.29, 1.82) is 0 Å². The van der Waals surface area contributed by atoms with E-state index in [2.05, 4.69) is 40.9 Å². The predicted octanol–water partition coefficient (Wildman–Crippen LogP) is 5.07. The summed E-state index contributed by atoms with van der Waals surface area (Å²) < 4.78 is 28.5. The van der Waals surface area contributed by atoms with Gasteiger partial charge in [-0.15, -0.1) is 0 Å². The minimum Gasteiger partial charge on any atom is -0.368 e. The van der Waals surface area contributed by atoms with Crippen molar-refractivity contribution in [2.75, 3.05) is 48.3 Å². The van der Waals surface area contributed by atoms with Gasteiger partial charge in [-0.3, -0.25) is 34.2 Å². The van der Waals surface area contributed by atoms with Gasteiger partial charge in [-0.25, -0.2) is 18.1 Å². The number of aryl methyl sites for hydroxylation is 1. The minimum atomic E-state index is -3.72. The summed E-state index contributed by atoms with van der Waals surface area (Å²) in [5.41, 5.74) is 3.51. The maximum absolute atomic E-state index is 13.6. The lowest BCUT2D eigenvalue weighted by Crippen LogP contribution is -2.60. The topological polar surface area (TPSA) is 215 Å². The van der Waals surface area contributed by atoms with Gasteiger partial charge in [0.2, 0.25) is 33.7 Å². The van der Waals surface area contributed by atoms with Crippen LogP contribution in [0, 0.1) is 6.92 Å². The van der Waals surface area contributed by atoms with Gasteiger partial charge in [-0.05, 0) is 108 Å². The molecule has 0 radical (unpaired) electrons. The highest BCUT2D eigenvalue weighted by atomic mass is 32.2. The number of piperazine rings is 1.